The van der Waals surface area contributed by atoms with Crippen molar-refractivity contribution in [1.29, 1.82) is 0 Å². The predicted molar refractivity (Wildman–Crippen MR) is 83.6 cm³/mol. The van der Waals surface area contributed by atoms with E-state index in [1.54, 1.807) is 28.0 Å². The van der Waals surface area contributed by atoms with Gasteiger partial charge in [-0.1, -0.05) is 0 Å². The molecule has 2 rings (SSSR count). The van der Waals surface area contributed by atoms with Gasteiger partial charge < -0.3 is 14.5 Å². The van der Waals surface area contributed by atoms with Crippen LogP contribution in [0, 0.1) is 0 Å². The Morgan fingerprint density at radius 1 is 1.09 bits per heavy atom. The molecular weight excluding hydrogens is 352 g/mol. The van der Waals surface area contributed by atoms with E-state index in [0.29, 0.717) is 41.8 Å². The molecule has 0 aromatic heterocycles. The summed E-state index contributed by atoms with van der Waals surface area (Å²) in [5.41, 5.74) is 0.872. The molecule has 1 aromatic rings. The first-order valence-electron chi connectivity index (χ1n) is 6.86. The molecule has 0 radical (unpaired) electrons. The molecule has 1 heterocycles. The number of amides is 2. The lowest BCUT2D eigenvalue weighted by Crippen LogP contribution is -2.50. The maximum atomic E-state index is 12.5. The number of rotatable bonds is 2. The summed E-state index contributed by atoms with van der Waals surface area (Å²) in [4.78, 5) is 38.7. The number of piperazine rings is 1. The molecule has 0 unspecified atom stereocenters. The Balaban J connectivity index is 2.09. The Hall–Kier alpha value is -1.89. The molecule has 1 saturated heterocycles. The molecule has 1 aliphatic rings. The Morgan fingerprint density at radius 2 is 1.68 bits per heavy atom. The number of carbonyl (C=O) groups is 3. The zero-order chi connectivity index (χ0) is 16.3. The van der Waals surface area contributed by atoms with Crippen LogP contribution in [0.4, 0.5) is 0 Å². The fourth-order valence-corrected chi connectivity index (χ4v) is 2.87. The van der Waals surface area contributed by atoms with Gasteiger partial charge >= 0.3 is 5.97 Å². The molecule has 6 nitrogen and oxygen atoms in total. The highest BCUT2D eigenvalue weighted by molar-refractivity contribution is 9.10. The van der Waals surface area contributed by atoms with Crippen molar-refractivity contribution >= 4 is 33.7 Å². The van der Waals surface area contributed by atoms with Crippen molar-refractivity contribution in [3.8, 4) is 0 Å². The summed E-state index contributed by atoms with van der Waals surface area (Å²) in [6, 6.07) is 4.79. The lowest BCUT2D eigenvalue weighted by molar-refractivity contribution is -0.130. The van der Waals surface area contributed by atoms with E-state index in [-0.39, 0.29) is 11.8 Å². The Morgan fingerprint density at radius 3 is 2.18 bits per heavy atom. The van der Waals surface area contributed by atoms with E-state index in [2.05, 4.69) is 20.7 Å². The molecule has 1 fully saturated rings. The van der Waals surface area contributed by atoms with Crippen molar-refractivity contribution in [2.24, 2.45) is 0 Å². The van der Waals surface area contributed by atoms with Crippen molar-refractivity contribution in [2.45, 2.75) is 6.92 Å². The van der Waals surface area contributed by atoms with Crippen molar-refractivity contribution in [2.75, 3.05) is 33.3 Å². The van der Waals surface area contributed by atoms with E-state index in [9.17, 15) is 14.4 Å². The first-order chi connectivity index (χ1) is 10.4. The van der Waals surface area contributed by atoms with Crippen LogP contribution in [0.2, 0.25) is 0 Å². The van der Waals surface area contributed by atoms with Gasteiger partial charge in [0.25, 0.3) is 5.91 Å². The summed E-state index contributed by atoms with van der Waals surface area (Å²) < 4.78 is 5.19. The van der Waals surface area contributed by atoms with Crippen LogP contribution in [0.25, 0.3) is 0 Å². The minimum absolute atomic E-state index is 0.0253. The zero-order valence-corrected chi connectivity index (χ0v) is 14.1. The zero-order valence-electron chi connectivity index (χ0n) is 12.5. The maximum absolute atomic E-state index is 12.5. The van der Waals surface area contributed by atoms with Gasteiger partial charge in [-0.25, -0.2) is 4.79 Å². The van der Waals surface area contributed by atoms with Crippen molar-refractivity contribution in [3.63, 3.8) is 0 Å². The minimum Gasteiger partial charge on any atom is -0.465 e. The molecule has 0 atom stereocenters. The van der Waals surface area contributed by atoms with Gasteiger partial charge in [0.1, 0.15) is 0 Å². The molecule has 22 heavy (non-hydrogen) atoms. The Kier molecular flexibility index (Phi) is 5.18. The average Bonchev–Trinajstić information content (AvgIpc) is 2.53. The second-order valence-corrected chi connectivity index (χ2v) is 5.84. The number of methoxy groups -OCH3 is 1. The number of hydrogen-bond acceptors (Lipinski definition) is 4. The summed E-state index contributed by atoms with van der Waals surface area (Å²) in [5, 5.41) is 0. The van der Waals surface area contributed by atoms with E-state index < -0.39 is 5.97 Å². The fourth-order valence-electron chi connectivity index (χ4n) is 2.33. The van der Waals surface area contributed by atoms with Gasteiger partial charge in [-0.3, -0.25) is 9.59 Å². The van der Waals surface area contributed by atoms with Crippen LogP contribution in [-0.2, 0) is 9.53 Å². The van der Waals surface area contributed by atoms with E-state index in [1.807, 2.05) is 0 Å². The third kappa shape index (κ3) is 3.47. The minimum atomic E-state index is -0.457. The van der Waals surface area contributed by atoms with Crippen LogP contribution in [0.5, 0.6) is 0 Å². The van der Waals surface area contributed by atoms with E-state index in [4.69, 9.17) is 0 Å². The lowest BCUT2D eigenvalue weighted by atomic mass is 10.1. The van der Waals surface area contributed by atoms with Crippen molar-refractivity contribution in [3.05, 3.63) is 33.8 Å². The number of benzene rings is 1. The van der Waals surface area contributed by atoms with Crippen LogP contribution >= 0.6 is 15.9 Å². The number of hydrogen-bond donors (Lipinski definition) is 0. The van der Waals surface area contributed by atoms with E-state index in [0.717, 1.165) is 0 Å². The number of ether oxygens (including phenoxy) is 1. The Bertz CT molecular complexity index is 610. The van der Waals surface area contributed by atoms with E-state index in [1.165, 1.54) is 14.0 Å². The molecule has 118 valence electrons. The predicted octanol–water partition coefficient (Wildman–Crippen LogP) is 1.54. The van der Waals surface area contributed by atoms with Gasteiger partial charge in [0.2, 0.25) is 5.91 Å². The first-order valence-corrected chi connectivity index (χ1v) is 7.66. The third-order valence-electron chi connectivity index (χ3n) is 3.63. The summed E-state index contributed by atoms with van der Waals surface area (Å²) in [6.45, 7) is 3.63. The molecule has 1 aromatic carbocycles. The van der Waals surface area contributed by atoms with Gasteiger partial charge in [-0.15, -0.1) is 0 Å². The summed E-state index contributed by atoms with van der Waals surface area (Å²) in [7, 11) is 1.31. The van der Waals surface area contributed by atoms with Crippen LogP contribution in [0.1, 0.15) is 27.6 Å². The SMILES string of the molecule is COC(=O)c1ccc(C(=O)N2CCN(C(C)=O)CC2)cc1Br. The first kappa shape index (κ1) is 16.5. The van der Waals surface area contributed by atoms with Gasteiger partial charge in [-0.2, -0.15) is 0 Å². The van der Waals surface area contributed by atoms with Crippen LogP contribution in [0.15, 0.2) is 22.7 Å². The monoisotopic (exact) mass is 368 g/mol. The second kappa shape index (κ2) is 6.91. The molecule has 1 aliphatic heterocycles. The van der Waals surface area contributed by atoms with Crippen LogP contribution in [0.3, 0.4) is 0 Å². The molecular formula is C15H17BrN2O4. The number of carbonyl (C=O) groups excluding carboxylic acids is 3. The maximum Gasteiger partial charge on any atom is 0.339 e. The molecule has 0 spiro atoms. The number of halogens is 1. The number of esters is 1. The molecule has 7 heteroatoms. The summed E-state index contributed by atoms with van der Waals surface area (Å²) in [5.74, 6) is -0.543. The highest BCUT2D eigenvalue weighted by atomic mass is 79.9. The molecule has 0 bridgehead atoms. The smallest absolute Gasteiger partial charge is 0.339 e. The highest BCUT2D eigenvalue weighted by Crippen LogP contribution is 2.21. The van der Waals surface area contributed by atoms with Crippen LogP contribution in [-0.4, -0.2) is 60.9 Å². The lowest BCUT2D eigenvalue weighted by Gasteiger charge is -2.34. The van der Waals surface area contributed by atoms with Gasteiger partial charge in [0, 0.05) is 43.1 Å². The molecule has 0 aliphatic carbocycles. The fraction of sp³-hybridized carbons (Fsp3) is 0.400. The molecule has 2 amide bonds. The molecule has 0 N–H and O–H groups in total. The normalized spacial score (nSPS) is 14.7. The van der Waals surface area contributed by atoms with Crippen molar-refractivity contribution in [1.82, 2.24) is 9.80 Å². The highest BCUT2D eigenvalue weighted by Gasteiger charge is 2.24. The standard InChI is InChI=1S/C15H17BrN2O4/c1-10(19)17-5-7-18(8-6-17)14(20)11-3-4-12(13(16)9-11)15(21)22-2/h3-4,9H,5-8H2,1-2H3. The third-order valence-corrected chi connectivity index (χ3v) is 4.29. The Labute approximate surface area is 137 Å². The summed E-state index contributed by atoms with van der Waals surface area (Å²) >= 11 is 3.29. The van der Waals surface area contributed by atoms with Gasteiger partial charge in [-0.05, 0) is 34.1 Å². The second-order valence-electron chi connectivity index (χ2n) is 4.98. The van der Waals surface area contributed by atoms with Crippen molar-refractivity contribution < 1.29 is 19.1 Å². The van der Waals surface area contributed by atoms with Crippen LogP contribution < -0.4 is 0 Å². The quantitative estimate of drug-likeness (QED) is 0.742. The average molecular weight is 369 g/mol. The van der Waals surface area contributed by atoms with Gasteiger partial charge in [0.05, 0.1) is 12.7 Å². The van der Waals surface area contributed by atoms with Gasteiger partial charge in [0.15, 0.2) is 0 Å². The van der Waals surface area contributed by atoms with E-state index >= 15 is 0 Å². The largest absolute Gasteiger partial charge is 0.465 e. The summed E-state index contributed by atoms with van der Waals surface area (Å²) in [6.07, 6.45) is 0. The number of nitrogens with zero attached hydrogens (tertiary/aromatic N) is 2. The molecule has 0 saturated carbocycles. The topological polar surface area (TPSA) is 66.9 Å².